The average Bonchev–Trinajstić information content (AvgIpc) is 2.02. The summed E-state index contributed by atoms with van der Waals surface area (Å²) in [6.45, 7) is 1.95. The number of nitrogens with two attached hydrogens (primary N) is 1. The number of carboxylic acid groups (broad SMARTS) is 1. The van der Waals surface area contributed by atoms with Gasteiger partial charge in [-0.15, -0.1) is 0 Å². The monoisotopic (exact) mass is 188 g/mol. The summed E-state index contributed by atoms with van der Waals surface area (Å²) < 4.78 is 0. The second kappa shape index (κ2) is 6.42. The van der Waals surface area contributed by atoms with Crippen molar-refractivity contribution in [1.82, 2.24) is 5.32 Å². The highest BCUT2D eigenvalue weighted by Crippen LogP contribution is 2.01. The first-order valence-corrected chi connectivity index (χ1v) is 4.28. The Morgan fingerprint density at radius 1 is 1.46 bits per heavy atom. The van der Waals surface area contributed by atoms with Crippen molar-refractivity contribution in [3.8, 4) is 0 Å². The van der Waals surface area contributed by atoms with E-state index in [1.165, 1.54) is 6.92 Å². The van der Waals surface area contributed by atoms with Gasteiger partial charge in [-0.2, -0.15) is 0 Å². The highest BCUT2D eigenvalue weighted by Gasteiger charge is 2.15. The van der Waals surface area contributed by atoms with Crippen LogP contribution in [0.15, 0.2) is 0 Å². The van der Waals surface area contributed by atoms with E-state index in [1.54, 1.807) is 0 Å². The van der Waals surface area contributed by atoms with E-state index in [0.717, 1.165) is 12.8 Å². The van der Waals surface area contributed by atoms with E-state index < -0.39 is 12.1 Å². The van der Waals surface area contributed by atoms with Crippen LogP contribution in [0.3, 0.4) is 0 Å². The number of nitrogens with one attached hydrogen (secondary N) is 1. The molecular formula is C8H16N2O3. The van der Waals surface area contributed by atoms with Crippen LogP contribution in [0.2, 0.25) is 0 Å². The lowest BCUT2D eigenvalue weighted by molar-refractivity contribution is -0.119. The van der Waals surface area contributed by atoms with Gasteiger partial charge in [0.2, 0.25) is 0 Å². The molecule has 0 aliphatic carbocycles. The molecule has 0 aromatic heterocycles. The molecule has 76 valence electrons. The van der Waals surface area contributed by atoms with Gasteiger partial charge >= 0.3 is 6.09 Å². The van der Waals surface area contributed by atoms with Crippen LogP contribution >= 0.6 is 0 Å². The predicted molar refractivity (Wildman–Crippen MR) is 48.5 cm³/mol. The SMILES string of the molecule is CC(=O)[C@H](CCCCN)NC(=O)O. The van der Waals surface area contributed by atoms with E-state index in [2.05, 4.69) is 5.32 Å². The Balaban J connectivity index is 3.81. The topological polar surface area (TPSA) is 92.4 Å². The van der Waals surface area contributed by atoms with Crippen molar-refractivity contribution in [2.24, 2.45) is 5.73 Å². The molecular weight excluding hydrogens is 172 g/mol. The summed E-state index contributed by atoms with van der Waals surface area (Å²) in [5.74, 6) is -0.153. The third-order valence-corrected chi connectivity index (χ3v) is 1.74. The molecule has 0 heterocycles. The quantitative estimate of drug-likeness (QED) is 0.524. The summed E-state index contributed by atoms with van der Waals surface area (Å²) in [7, 11) is 0. The molecule has 0 spiro atoms. The number of unbranched alkanes of at least 4 members (excludes halogenated alkanes) is 1. The molecule has 0 aromatic carbocycles. The molecule has 1 atom stereocenters. The van der Waals surface area contributed by atoms with Crippen LogP contribution < -0.4 is 11.1 Å². The van der Waals surface area contributed by atoms with Gasteiger partial charge in [-0.1, -0.05) is 0 Å². The minimum absolute atomic E-state index is 0.153. The Kier molecular flexibility index (Phi) is 5.88. The minimum atomic E-state index is -1.16. The van der Waals surface area contributed by atoms with E-state index in [4.69, 9.17) is 10.8 Å². The summed E-state index contributed by atoms with van der Waals surface area (Å²) >= 11 is 0. The number of carbonyl (C=O) groups excluding carboxylic acids is 1. The van der Waals surface area contributed by atoms with Crippen LogP contribution in [0.5, 0.6) is 0 Å². The highest BCUT2D eigenvalue weighted by molar-refractivity contribution is 5.84. The van der Waals surface area contributed by atoms with Gasteiger partial charge in [-0.05, 0) is 32.7 Å². The Morgan fingerprint density at radius 3 is 2.46 bits per heavy atom. The van der Waals surface area contributed by atoms with Gasteiger partial charge in [0.15, 0.2) is 5.78 Å². The first kappa shape index (κ1) is 11.9. The number of hydrogen-bond donors (Lipinski definition) is 3. The molecule has 0 saturated carbocycles. The molecule has 5 heteroatoms. The number of amides is 1. The van der Waals surface area contributed by atoms with Gasteiger partial charge in [0.1, 0.15) is 0 Å². The van der Waals surface area contributed by atoms with E-state index in [9.17, 15) is 9.59 Å². The fourth-order valence-electron chi connectivity index (χ4n) is 1.02. The highest BCUT2D eigenvalue weighted by atomic mass is 16.4. The van der Waals surface area contributed by atoms with Crippen LogP contribution in [-0.4, -0.2) is 29.6 Å². The lowest BCUT2D eigenvalue weighted by Crippen LogP contribution is -2.38. The van der Waals surface area contributed by atoms with Crippen molar-refractivity contribution < 1.29 is 14.7 Å². The zero-order chi connectivity index (χ0) is 10.3. The van der Waals surface area contributed by atoms with Crippen LogP contribution in [-0.2, 0) is 4.79 Å². The summed E-state index contributed by atoms with van der Waals surface area (Å²) in [4.78, 5) is 21.2. The van der Waals surface area contributed by atoms with Crippen LogP contribution in [0.1, 0.15) is 26.2 Å². The van der Waals surface area contributed by atoms with Gasteiger partial charge < -0.3 is 16.2 Å². The van der Waals surface area contributed by atoms with Crippen molar-refractivity contribution in [2.75, 3.05) is 6.54 Å². The number of rotatable bonds is 6. The minimum Gasteiger partial charge on any atom is -0.465 e. The zero-order valence-corrected chi connectivity index (χ0v) is 7.75. The molecule has 0 aliphatic heterocycles. The fraction of sp³-hybridized carbons (Fsp3) is 0.750. The van der Waals surface area contributed by atoms with Crippen molar-refractivity contribution in [2.45, 2.75) is 32.2 Å². The van der Waals surface area contributed by atoms with Gasteiger partial charge in [-0.25, -0.2) is 4.79 Å². The van der Waals surface area contributed by atoms with Crippen LogP contribution in [0.4, 0.5) is 4.79 Å². The van der Waals surface area contributed by atoms with Crippen LogP contribution in [0.25, 0.3) is 0 Å². The van der Waals surface area contributed by atoms with Gasteiger partial charge in [-0.3, -0.25) is 4.79 Å². The standard InChI is InChI=1S/C8H16N2O3/c1-6(11)7(10-8(12)13)4-2-3-5-9/h7,10H,2-5,9H2,1H3,(H,12,13)/t7-/m0/s1. The first-order valence-electron chi connectivity index (χ1n) is 4.28. The maximum Gasteiger partial charge on any atom is 0.405 e. The molecule has 0 unspecified atom stereocenters. The van der Waals surface area contributed by atoms with Gasteiger partial charge in [0.05, 0.1) is 6.04 Å². The van der Waals surface area contributed by atoms with E-state index in [1.807, 2.05) is 0 Å². The van der Waals surface area contributed by atoms with Crippen molar-refractivity contribution in [1.29, 1.82) is 0 Å². The summed E-state index contributed by atoms with van der Waals surface area (Å²) in [5, 5.41) is 10.6. The van der Waals surface area contributed by atoms with E-state index >= 15 is 0 Å². The molecule has 0 rings (SSSR count). The number of hydrogen-bond acceptors (Lipinski definition) is 3. The molecule has 0 fully saturated rings. The maximum absolute atomic E-state index is 10.9. The molecule has 0 aromatic rings. The van der Waals surface area contributed by atoms with Gasteiger partial charge in [0.25, 0.3) is 0 Å². The maximum atomic E-state index is 10.9. The predicted octanol–water partition coefficient (Wildman–Crippen LogP) is 0.341. The Labute approximate surface area is 77.3 Å². The van der Waals surface area contributed by atoms with Gasteiger partial charge in [0, 0.05) is 0 Å². The summed E-state index contributed by atoms with van der Waals surface area (Å²) in [5.41, 5.74) is 5.27. The Hall–Kier alpha value is -1.10. The van der Waals surface area contributed by atoms with Crippen molar-refractivity contribution >= 4 is 11.9 Å². The molecule has 0 radical (unpaired) electrons. The third-order valence-electron chi connectivity index (χ3n) is 1.74. The second-order valence-corrected chi connectivity index (χ2v) is 2.90. The normalized spacial score (nSPS) is 12.2. The van der Waals surface area contributed by atoms with Crippen molar-refractivity contribution in [3.05, 3.63) is 0 Å². The first-order chi connectivity index (χ1) is 6.07. The average molecular weight is 188 g/mol. The summed E-state index contributed by atoms with van der Waals surface area (Å²) in [6.07, 6.45) is 0.943. The molecule has 13 heavy (non-hydrogen) atoms. The lowest BCUT2D eigenvalue weighted by atomic mass is 10.1. The van der Waals surface area contributed by atoms with Crippen molar-refractivity contribution in [3.63, 3.8) is 0 Å². The number of ketones is 1. The van der Waals surface area contributed by atoms with Crippen LogP contribution in [0, 0.1) is 0 Å². The zero-order valence-electron chi connectivity index (χ0n) is 7.75. The smallest absolute Gasteiger partial charge is 0.405 e. The van der Waals surface area contributed by atoms with E-state index in [-0.39, 0.29) is 5.78 Å². The number of carbonyl (C=O) groups is 2. The lowest BCUT2D eigenvalue weighted by Gasteiger charge is -2.12. The fourth-order valence-corrected chi connectivity index (χ4v) is 1.02. The molecule has 0 aliphatic rings. The molecule has 0 saturated heterocycles. The molecule has 0 bridgehead atoms. The molecule has 4 N–H and O–H groups in total. The second-order valence-electron chi connectivity index (χ2n) is 2.90. The molecule has 5 nitrogen and oxygen atoms in total. The Morgan fingerprint density at radius 2 is 2.08 bits per heavy atom. The Bertz CT molecular complexity index is 182. The number of Topliss-reactive ketones (excluding diaryl/α,β-unsaturated/α-hetero) is 1. The third kappa shape index (κ3) is 6.10. The largest absolute Gasteiger partial charge is 0.465 e. The molecule has 1 amide bonds. The summed E-state index contributed by atoms with van der Waals surface area (Å²) in [6, 6.07) is -0.580. The van der Waals surface area contributed by atoms with E-state index in [0.29, 0.717) is 13.0 Å².